The highest BCUT2D eigenvalue weighted by Crippen LogP contribution is 2.17. The molecule has 0 radical (unpaired) electrons. The topological polar surface area (TPSA) is 54.9 Å². The number of benzene rings is 1. The number of hydrogen-bond acceptors (Lipinski definition) is 4. The minimum atomic E-state index is -0.195. The molecule has 2 N–H and O–H groups in total. The van der Waals surface area contributed by atoms with Gasteiger partial charge >= 0.3 is 0 Å². The maximum absolute atomic E-state index is 13.4. The first-order chi connectivity index (χ1) is 12.7. The van der Waals surface area contributed by atoms with Gasteiger partial charge in [-0.05, 0) is 49.3 Å². The Kier molecular flexibility index (Phi) is 17.1. The Morgan fingerprint density at radius 2 is 1.96 bits per heavy atom. The largest absolute Gasteiger partial charge is 0.382 e. The molecule has 5 nitrogen and oxygen atoms in total. The van der Waals surface area contributed by atoms with Gasteiger partial charge in [0.05, 0.1) is 19.8 Å². The summed E-state index contributed by atoms with van der Waals surface area (Å²) in [5.41, 5.74) is 2.06. The number of thioether (sulfide) groups is 1. The van der Waals surface area contributed by atoms with E-state index in [1.165, 1.54) is 6.07 Å². The molecule has 1 aromatic carbocycles. The summed E-state index contributed by atoms with van der Waals surface area (Å²) in [7, 11) is 1.67. The van der Waals surface area contributed by atoms with Gasteiger partial charge in [0, 0.05) is 32.6 Å². The molecule has 0 atom stereocenters. The maximum Gasteiger partial charge on any atom is 0.191 e. The molecule has 0 spiro atoms. The lowest BCUT2D eigenvalue weighted by Gasteiger charge is -2.12. The molecule has 0 aromatic heterocycles. The third kappa shape index (κ3) is 12.5. The molecule has 1 aromatic rings. The highest BCUT2D eigenvalue weighted by Gasteiger charge is 2.04. The van der Waals surface area contributed by atoms with Gasteiger partial charge in [0.1, 0.15) is 5.82 Å². The second-order valence-corrected chi connectivity index (χ2v) is 6.65. The zero-order chi connectivity index (χ0) is 19.0. The van der Waals surface area contributed by atoms with Gasteiger partial charge in [-0.15, -0.1) is 24.0 Å². The number of guanidine groups is 1. The minimum Gasteiger partial charge on any atom is -0.382 e. The van der Waals surface area contributed by atoms with Crippen LogP contribution < -0.4 is 10.6 Å². The second kappa shape index (κ2) is 17.5. The molecule has 0 heterocycles. The Balaban J connectivity index is 0.00000676. The van der Waals surface area contributed by atoms with Crippen LogP contribution in [0.5, 0.6) is 0 Å². The van der Waals surface area contributed by atoms with Crippen LogP contribution in [0.1, 0.15) is 30.9 Å². The van der Waals surface area contributed by atoms with Crippen LogP contribution in [0.4, 0.5) is 4.39 Å². The SMILES string of the molecule is CCNC(=NCc1ccc(F)cc1CSC)NCCCCOCCOC.I. The maximum atomic E-state index is 13.4. The van der Waals surface area contributed by atoms with E-state index in [9.17, 15) is 4.39 Å². The van der Waals surface area contributed by atoms with Crippen LogP contribution in [0.3, 0.4) is 0 Å². The molecule has 0 amide bonds. The van der Waals surface area contributed by atoms with Crippen molar-refractivity contribution in [2.24, 2.45) is 4.99 Å². The van der Waals surface area contributed by atoms with E-state index in [1.807, 2.05) is 19.2 Å². The number of aliphatic imine (C=N–C) groups is 1. The van der Waals surface area contributed by atoms with Crippen LogP contribution in [-0.2, 0) is 21.8 Å². The van der Waals surface area contributed by atoms with E-state index in [-0.39, 0.29) is 29.8 Å². The number of ether oxygens (including phenoxy) is 2. The van der Waals surface area contributed by atoms with Gasteiger partial charge in [-0.25, -0.2) is 9.38 Å². The van der Waals surface area contributed by atoms with Gasteiger partial charge < -0.3 is 20.1 Å². The summed E-state index contributed by atoms with van der Waals surface area (Å²) in [5.74, 6) is 1.38. The van der Waals surface area contributed by atoms with Crippen LogP contribution in [0.2, 0.25) is 0 Å². The molecule has 1 rings (SSSR count). The monoisotopic (exact) mass is 513 g/mol. The van der Waals surface area contributed by atoms with Crippen LogP contribution in [0, 0.1) is 5.82 Å². The van der Waals surface area contributed by atoms with Crippen molar-refractivity contribution in [1.82, 2.24) is 10.6 Å². The van der Waals surface area contributed by atoms with Gasteiger partial charge in [-0.2, -0.15) is 11.8 Å². The van der Waals surface area contributed by atoms with E-state index in [0.717, 1.165) is 55.4 Å². The zero-order valence-electron chi connectivity index (χ0n) is 16.6. The van der Waals surface area contributed by atoms with E-state index >= 15 is 0 Å². The summed E-state index contributed by atoms with van der Waals surface area (Å²) in [6, 6.07) is 4.93. The Labute approximate surface area is 184 Å². The molecule has 156 valence electrons. The fourth-order valence-corrected chi connectivity index (χ4v) is 2.90. The summed E-state index contributed by atoms with van der Waals surface area (Å²) in [4.78, 5) is 4.63. The Morgan fingerprint density at radius 1 is 1.15 bits per heavy atom. The first kappa shape index (κ1) is 26.4. The van der Waals surface area contributed by atoms with Gasteiger partial charge in [0.25, 0.3) is 0 Å². The fourth-order valence-electron chi connectivity index (χ4n) is 2.32. The molecular formula is C19H33FIN3O2S. The predicted molar refractivity (Wildman–Crippen MR) is 124 cm³/mol. The van der Waals surface area contributed by atoms with E-state index in [2.05, 4.69) is 15.6 Å². The molecule has 0 aliphatic carbocycles. The molecule has 0 saturated carbocycles. The van der Waals surface area contributed by atoms with Crippen molar-refractivity contribution in [3.8, 4) is 0 Å². The lowest BCUT2D eigenvalue weighted by atomic mass is 10.1. The lowest BCUT2D eigenvalue weighted by Crippen LogP contribution is -2.37. The Bertz CT molecular complexity index is 536. The smallest absolute Gasteiger partial charge is 0.191 e. The molecule has 0 unspecified atom stereocenters. The number of nitrogens with one attached hydrogen (secondary N) is 2. The van der Waals surface area contributed by atoms with Gasteiger partial charge in [-0.3, -0.25) is 0 Å². The number of unbranched alkanes of at least 4 members (excludes halogenated alkanes) is 1. The number of nitrogens with zero attached hydrogens (tertiary/aromatic N) is 1. The number of rotatable bonds is 13. The fraction of sp³-hybridized carbons (Fsp3) is 0.632. The predicted octanol–water partition coefficient (Wildman–Crippen LogP) is 3.81. The van der Waals surface area contributed by atoms with Crippen LogP contribution in [-0.4, -0.2) is 52.2 Å². The zero-order valence-corrected chi connectivity index (χ0v) is 19.7. The van der Waals surface area contributed by atoms with Crippen molar-refractivity contribution in [2.75, 3.05) is 46.3 Å². The van der Waals surface area contributed by atoms with Crippen LogP contribution in [0.25, 0.3) is 0 Å². The first-order valence-corrected chi connectivity index (χ1v) is 10.5. The highest BCUT2D eigenvalue weighted by atomic mass is 127. The Morgan fingerprint density at radius 3 is 2.67 bits per heavy atom. The molecular weight excluding hydrogens is 480 g/mol. The van der Waals surface area contributed by atoms with Crippen molar-refractivity contribution in [3.63, 3.8) is 0 Å². The van der Waals surface area contributed by atoms with E-state index < -0.39 is 0 Å². The average molecular weight is 513 g/mol. The molecule has 8 heteroatoms. The number of halogens is 2. The van der Waals surface area contributed by atoms with Crippen molar-refractivity contribution < 1.29 is 13.9 Å². The van der Waals surface area contributed by atoms with E-state index in [1.54, 1.807) is 24.9 Å². The van der Waals surface area contributed by atoms with Gasteiger partial charge in [0.15, 0.2) is 5.96 Å². The third-order valence-electron chi connectivity index (χ3n) is 3.66. The van der Waals surface area contributed by atoms with Gasteiger partial charge in [-0.1, -0.05) is 6.07 Å². The standard InChI is InChI=1S/C19H32FN3O2S.HI/c1-4-21-19(22-9-5-6-10-25-12-11-24-2)23-14-16-7-8-18(20)13-17(16)15-26-3;/h7-8,13H,4-6,9-12,14-15H2,1-3H3,(H2,21,22,23);1H. The molecule has 27 heavy (non-hydrogen) atoms. The van der Waals surface area contributed by atoms with E-state index in [0.29, 0.717) is 19.8 Å². The van der Waals surface area contributed by atoms with Crippen LogP contribution in [0.15, 0.2) is 23.2 Å². The lowest BCUT2D eigenvalue weighted by molar-refractivity contribution is 0.0689. The normalized spacial score (nSPS) is 11.2. The summed E-state index contributed by atoms with van der Waals surface area (Å²) in [5, 5.41) is 6.58. The molecule has 0 aliphatic rings. The average Bonchev–Trinajstić information content (AvgIpc) is 2.63. The van der Waals surface area contributed by atoms with E-state index in [4.69, 9.17) is 9.47 Å². The summed E-state index contributed by atoms with van der Waals surface area (Å²) in [6.07, 6.45) is 4.01. The van der Waals surface area contributed by atoms with Crippen molar-refractivity contribution in [3.05, 3.63) is 35.1 Å². The summed E-state index contributed by atoms with van der Waals surface area (Å²) < 4.78 is 23.8. The van der Waals surface area contributed by atoms with Crippen molar-refractivity contribution in [2.45, 2.75) is 32.1 Å². The minimum absolute atomic E-state index is 0. The Hall–Kier alpha value is -0.580. The third-order valence-corrected chi connectivity index (χ3v) is 4.26. The quantitative estimate of drug-likeness (QED) is 0.182. The first-order valence-electron chi connectivity index (χ1n) is 9.06. The molecule has 0 aliphatic heterocycles. The molecule has 0 fully saturated rings. The number of hydrogen-bond donors (Lipinski definition) is 2. The van der Waals surface area contributed by atoms with Crippen molar-refractivity contribution in [1.29, 1.82) is 0 Å². The molecule has 0 bridgehead atoms. The molecule has 0 saturated heterocycles. The summed E-state index contributed by atoms with van der Waals surface area (Å²) in [6.45, 7) is 6.23. The van der Waals surface area contributed by atoms with Crippen molar-refractivity contribution >= 4 is 41.7 Å². The second-order valence-electron chi connectivity index (χ2n) is 5.78. The van der Waals surface area contributed by atoms with Gasteiger partial charge in [0.2, 0.25) is 0 Å². The summed E-state index contributed by atoms with van der Waals surface area (Å²) >= 11 is 1.68. The van der Waals surface area contributed by atoms with Crippen LogP contribution >= 0.6 is 35.7 Å². The highest BCUT2D eigenvalue weighted by molar-refractivity contribution is 14.0. The number of methoxy groups -OCH3 is 1.